The Balaban J connectivity index is 2.70. The lowest BCUT2D eigenvalue weighted by Crippen LogP contribution is -2.43. The van der Waals surface area contributed by atoms with Gasteiger partial charge in [-0.25, -0.2) is 0 Å². The van der Waals surface area contributed by atoms with Gasteiger partial charge in [0.15, 0.2) is 0 Å². The number of rotatable bonds is 9. The van der Waals surface area contributed by atoms with E-state index in [1.54, 1.807) is 0 Å². The first-order valence-corrected chi connectivity index (χ1v) is 8.76. The van der Waals surface area contributed by atoms with E-state index in [0.29, 0.717) is 19.8 Å². The molecule has 0 bridgehead atoms. The lowest BCUT2D eigenvalue weighted by Gasteiger charge is -2.40. The summed E-state index contributed by atoms with van der Waals surface area (Å²) in [6, 6.07) is 0. The molecule has 0 heterocycles. The molecular formula is C18H34O4. The number of esters is 1. The highest BCUT2D eigenvalue weighted by Gasteiger charge is 2.41. The summed E-state index contributed by atoms with van der Waals surface area (Å²) in [7, 11) is 0. The number of hydrogen-bond donors (Lipinski definition) is 0. The Bertz CT molecular complexity index is 332. The van der Waals surface area contributed by atoms with Gasteiger partial charge in [0.1, 0.15) is 0 Å². The van der Waals surface area contributed by atoms with Crippen LogP contribution in [0.15, 0.2) is 0 Å². The molecule has 0 spiro atoms. The van der Waals surface area contributed by atoms with Crippen molar-refractivity contribution in [2.24, 2.45) is 10.8 Å². The van der Waals surface area contributed by atoms with Gasteiger partial charge >= 0.3 is 5.97 Å². The third-order valence-corrected chi connectivity index (χ3v) is 4.92. The number of ether oxygens (including phenoxy) is 3. The molecule has 1 fully saturated rings. The largest absolute Gasteiger partial charge is 0.435 e. The third-order valence-electron chi connectivity index (χ3n) is 4.92. The van der Waals surface area contributed by atoms with E-state index >= 15 is 0 Å². The Kier molecular flexibility index (Phi) is 7.84. The molecule has 22 heavy (non-hydrogen) atoms. The number of carbonyl (C=O) groups is 1. The van der Waals surface area contributed by atoms with E-state index in [1.807, 2.05) is 27.7 Å². The summed E-state index contributed by atoms with van der Waals surface area (Å²) in [4.78, 5) is 12.4. The van der Waals surface area contributed by atoms with E-state index in [4.69, 9.17) is 14.2 Å². The zero-order valence-corrected chi connectivity index (χ0v) is 15.1. The van der Waals surface area contributed by atoms with Crippen LogP contribution in [0.5, 0.6) is 0 Å². The molecule has 1 atom stereocenters. The fourth-order valence-corrected chi connectivity index (χ4v) is 2.73. The Morgan fingerprint density at radius 1 is 1.14 bits per heavy atom. The predicted octanol–water partition coefficient (Wildman–Crippen LogP) is 4.32. The fraction of sp³-hybridized carbons (Fsp3) is 0.944. The molecule has 130 valence electrons. The lowest BCUT2D eigenvalue weighted by atomic mass is 9.75. The van der Waals surface area contributed by atoms with Crippen molar-refractivity contribution in [1.29, 1.82) is 0 Å². The molecule has 4 nitrogen and oxygen atoms in total. The summed E-state index contributed by atoms with van der Waals surface area (Å²) in [6.45, 7) is 11.7. The van der Waals surface area contributed by atoms with Crippen LogP contribution in [-0.2, 0) is 19.0 Å². The van der Waals surface area contributed by atoms with E-state index in [9.17, 15) is 4.79 Å². The number of carbonyl (C=O) groups excluding carboxylic acids is 1. The summed E-state index contributed by atoms with van der Waals surface area (Å²) in [5.74, 6) is -0.164. The van der Waals surface area contributed by atoms with Crippen molar-refractivity contribution in [1.82, 2.24) is 0 Å². The molecule has 0 N–H and O–H groups in total. The van der Waals surface area contributed by atoms with Gasteiger partial charge in [-0.3, -0.25) is 4.79 Å². The molecule has 0 amide bonds. The quantitative estimate of drug-likeness (QED) is 0.361. The molecule has 0 aliphatic heterocycles. The first-order chi connectivity index (χ1) is 10.4. The second-order valence-corrected chi connectivity index (χ2v) is 7.26. The van der Waals surface area contributed by atoms with Crippen LogP contribution in [0.2, 0.25) is 0 Å². The highest BCUT2D eigenvalue weighted by Crippen LogP contribution is 2.41. The Labute approximate surface area is 135 Å². The molecule has 1 rings (SSSR count). The molecule has 0 radical (unpaired) electrons. The lowest BCUT2D eigenvalue weighted by molar-refractivity contribution is -0.224. The van der Waals surface area contributed by atoms with E-state index < -0.39 is 11.7 Å². The average molecular weight is 314 g/mol. The van der Waals surface area contributed by atoms with Crippen LogP contribution in [0.25, 0.3) is 0 Å². The molecule has 1 unspecified atom stereocenters. The maximum Gasteiger partial charge on any atom is 0.313 e. The van der Waals surface area contributed by atoms with Gasteiger partial charge in [0.25, 0.3) is 0 Å². The summed E-state index contributed by atoms with van der Waals surface area (Å²) in [6.07, 6.45) is 6.00. The van der Waals surface area contributed by atoms with Gasteiger partial charge in [0, 0.05) is 12.0 Å². The van der Waals surface area contributed by atoms with E-state index in [1.165, 1.54) is 19.3 Å². The fourth-order valence-electron chi connectivity index (χ4n) is 2.73. The van der Waals surface area contributed by atoms with Crippen LogP contribution in [0, 0.1) is 10.8 Å². The van der Waals surface area contributed by atoms with Gasteiger partial charge in [-0.2, -0.15) is 0 Å². The van der Waals surface area contributed by atoms with Gasteiger partial charge in [-0.1, -0.05) is 33.1 Å². The van der Waals surface area contributed by atoms with E-state index in [2.05, 4.69) is 6.92 Å². The van der Waals surface area contributed by atoms with Crippen molar-refractivity contribution in [3.63, 3.8) is 0 Å². The van der Waals surface area contributed by atoms with Gasteiger partial charge in [-0.05, 0) is 40.0 Å². The predicted molar refractivity (Wildman–Crippen MR) is 87.6 cm³/mol. The maximum atomic E-state index is 12.4. The highest BCUT2D eigenvalue weighted by molar-refractivity contribution is 5.75. The van der Waals surface area contributed by atoms with Crippen LogP contribution >= 0.6 is 0 Å². The summed E-state index contributed by atoms with van der Waals surface area (Å²) >= 11 is 0. The standard InChI is InChI=1S/C18H34O4/c1-6-17(3,4)15(19)22-16(21-14-13-20-7-2)18(5)11-9-8-10-12-18/h16H,6-14H2,1-5H3. The van der Waals surface area contributed by atoms with Crippen molar-refractivity contribution in [2.45, 2.75) is 79.4 Å². The summed E-state index contributed by atoms with van der Waals surface area (Å²) in [5, 5.41) is 0. The van der Waals surface area contributed by atoms with Crippen LogP contribution in [0.1, 0.15) is 73.1 Å². The van der Waals surface area contributed by atoms with Crippen molar-refractivity contribution in [2.75, 3.05) is 19.8 Å². The SMILES string of the molecule is CCOCCOC(OC(=O)C(C)(C)CC)C1(C)CCCCC1. The van der Waals surface area contributed by atoms with E-state index in [-0.39, 0.29) is 11.4 Å². The average Bonchev–Trinajstić information content (AvgIpc) is 2.50. The zero-order valence-electron chi connectivity index (χ0n) is 15.1. The molecule has 1 saturated carbocycles. The minimum Gasteiger partial charge on any atom is -0.435 e. The van der Waals surface area contributed by atoms with Crippen molar-refractivity contribution in [3.05, 3.63) is 0 Å². The molecule has 1 aliphatic carbocycles. The number of hydrogen-bond acceptors (Lipinski definition) is 4. The summed E-state index contributed by atoms with van der Waals surface area (Å²) < 4.78 is 17.1. The third kappa shape index (κ3) is 5.54. The first kappa shape index (κ1) is 19.4. The minimum atomic E-state index is -0.466. The maximum absolute atomic E-state index is 12.4. The summed E-state index contributed by atoms with van der Waals surface area (Å²) in [5.41, 5.74) is -0.545. The highest BCUT2D eigenvalue weighted by atomic mass is 16.7. The molecular weight excluding hydrogens is 280 g/mol. The molecule has 0 aromatic heterocycles. The second-order valence-electron chi connectivity index (χ2n) is 7.26. The van der Waals surface area contributed by atoms with Gasteiger partial charge in [-0.15, -0.1) is 0 Å². The van der Waals surface area contributed by atoms with Crippen molar-refractivity contribution >= 4 is 5.97 Å². The van der Waals surface area contributed by atoms with E-state index in [0.717, 1.165) is 19.3 Å². The Morgan fingerprint density at radius 2 is 1.77 bits per heavy atom. The zero-order chi connectivity index (χ0) is 16.6. The van der Waals surface area contributed by atoms with Crippen molar-refractivity contribution < 1.29 is 19.0 Å². The molecule has 4 heteroatoms. The topological polar surface area (TPSA) is 44.8 Å². The first-order valence-electron chi connectivity index (χ1n) is 8.76. The minimum absolute atomic E-state index is 0.0794. The second kappa shape index (κ2) is 8.88. The van der Waals surface area contributed by atoms with Crippen LogP contribution in [0.4, 0.5) is 0 Å². The molecule has 1 aliphatic rings. The molecule has 0 aromatic carbocycles. The normalized spacial score (nSPS) is 19.7. The van der Waals surface area contributed by atoms with Crippen LogP contribution in [0.3, 0.4) is 0 Å². The van der Waals surface area contributed by atoms with Gasteiger partial charge < -0.3 is 14.2 Å². The van der Waals surface area contributed by atoms with Crippen LogP contribution < -0.4 is 0 Å². The Morgan fingerprint density at radius 3 is 2.32 bits per heavy atom. The molecule has 0 saturated heterocycles. The smallest absolute Gasteiger partial charge is 0.313 e. The van der Waals surface area contributed by atoms with Gasteiger partial charge in [0.05, 0.1) is 18.6 Å². The van der Waals surface area contributed by atoms with Crippen LogP contribution in [-0.4, -0.2) is 32.1 Å². The van der Waals surface area contributed by atoms with Gasteiger partial charge in [0.2, 0.25) is 6.29 Å². The Hall–Kier alpha value is -0.610. The monoisotopic (exact) mass is 314 g/mol. The molecule has 0 aromatic rings. The van der Waals surface area contributed by atoms with Crippen molar-refractivity contribution in [3.8, 4) is 0 Å².